The van der Waals surface area contributed by atoms with Crippen molar-refractivity contribution in [1.29, 1.82) is 0 Å². The fourth-order valence-corrected chi connectivity index (χ4v) is 0.618. The Morgan fingerprint density at radius 1 is 0.941 bits per heavy atom. The Morgan fingerprint density at radius 3 is 1.59 bits per heavy atom. The van der Waals surface area contributed by atoms with Gasteiger partial charge in [-0.05, 0) is 5.92 Å². The Bertz CT molecular complexity index is 185. The molecule has 17 heavy (non-hydrogen) atoms. The van der Waals surface area contributed by atoms with E-state index in [1.807, 2.05) is 13.8 Å². The molecule has 0 saturated heterocycles. The van der Waals surface area contributed by atoms with Crippen molar-refractivity contribution in [3.05, 3.63) is 0 Å². The zero-order valence-electron chi connectivity index (χ0n) is 9.97. The fraction of sp³-hybridized carbons (Fsp3) is 0.900. The average molecular weight is 254 g/mol. The number of aliphatic hydroxyl groups excluding tert-OH is 6. The summed E-state index contributed by atoms with van der Waals surface area (Å²) in [5.74, 6) is 0.440. The van der Waals surface area contributed by atoms with Crippen LogP contribution in [0, 0.1) is 5.92 Å². The Kier molecular flexibility index (Phi) is 11.7. The van der Waals surface area contributed by atoms with E-state index < -0.39 is 31.0 Å². The molecule has 0 radical (unpaired) electrons. The lowest BCUT2D eigenvalue weighted by Gasteiger charge is -2.22. The first-order chi connectivity index (χ1) is 7.81. The Morgan fingerprint density at radius 2 is 1.35 bits per heavy atom. The summed E-state index contributed by atoms with van der Waals surface area (Å²) in [5, 5.41) is 51.7. The summed E-state index contributed by atoms with van der Waals surface area (Å²) < 4.78 is 0. The molecule has 4 atom stereocenters. The van der Waals surface area contributed by atoms with Gasteiger partial charge < -0.3 is 35.4 Å². The summed E-state index contributed by atoms with van der Waals surface area (Å²) >= 11 is 0. The van der Waals surface area contributed by atoms with E-state index in [2.05, 4.69) is 0 Å². The van der Waals surface area contributed by atoms with Gasteiger partial charge in [-0.15, -0.1) is 0 Å². The van der Waals surface area contributed by atoms with Gasteiger partial charge >= 0.3 is 0 Å². The van der Waals surface area contributed by atoms with Crippen molar-refractivity contribution < 1.29 is 35.4 Å². The maximum absolute atomic E-state index is 9.90. The molecule has 7 heteroatoms. The van der Waals surface area contributed by atoms with Gasteiger partial charge in [0, 0.05) is 6.61 Å². The van der Waals surface area contributed by atoms with Gasteiger partial charge in [-0.25, -0.2) is 0 Å². The van der Waals surface area contributed by atoms with E-state index in [1.165, 1.54) is 0 Å². The predicted octanol–water partition coefficient (Wildman–Crippen LogP) is -2.74. The highest BCUT2D eigenvalue weighted by Crippen LogP contribution is 2.02. The maximum Gasteiger partial charge on any atom is 0.151 e. The first-order valence-electron chi connectivity index (χ1n) is 5.21. The summed E-state index contributed by atoms with van der Waals surface area (Å²) in [6, 6.07) is 0. The summed E-state index contributed by atoms with van der Waals surface area (Å²) in [5.41, 5.74) is 0. The SMILES string of the molecule is CC(C)CO.O=C[C@H](O)[C@@H](O)[C@H](O)[C@H](O)CO. The highest BCUT2D eigenvalue weighted by Gasteiger charge is 2.29. The number of carbonyl (C=O) groups is 1. The summed E-state index contributed by atoms with van der Waals surface area (Å²) in [6.45, 7) is 3.49. The van der Waals surface area contributed by atoms with Crippen molar-refractivity contribution in [3.63, 3.8) is 0 Å². The van der Waals surface area contributed by atoms with Crippen LogP contribution in [-0.2, 0) is 4.79 Å². The number of rotatable bonds is 6. The van der Waals surface area contributed by atoms with E-state index in [4.69, 9.17) is 30.6 Å². The molecule has 0 aliphatic carbocycles. The maximum atomic E-state index is 9.90. The van der Waals surface area contributed by atoms with Gasteiger partial charge in [-0.2, -0.15) is 0 Å². The molecular formula is C10H22O7. The third-order valence-electron chi connectivity index (χ3n) is 1.79. The third kappa shape index (κ3) is 9.16. The molecule has 0 saturated carbocycles. The molecule has 0 amide bonds. The zero-order chi connectivity index (χ0) is 14.0. The number of aliphatic hydroxyl groups is 6. The number of hydrogen-bond donors (Lipinski definition) is 6. The highest BCUT2D eigenvalue weighted by molar-refractivity contribution is 5.56. The van der Waals surface area contributed by atoms with Gasteiger partial charge in [-0.1, -0.05) is 13.8 Å². The second kappa shape index (κ2) is 10.6. The van der Waals surface area contributed by atoms with Crippen LogP contribution in [0.15, 0.2) is 0 Å². The fourth-order valence-electron chi connectivity index (χ4n) is 0.618. The van der Waals surface area contributed by atoms with Crippen LogP contribution >= 0.6 is 0 Å². The topological polar surface area (TPSA) is 138 Å². The standard InChI is InChI=1S/C6H12O6.C4H10O/c7-1-3(9)5(11)6(12)4(10)2-8;1-4(2)3-5/h1,3-6,8-12H,2H2;4-5H,3H2,1-2H3/t3-,4+,5+,6+;/m0./s1. The molecule has 0 unspecified atom stereocenters. The molecular weight excluding hydrogens is 232 g/mol. The van der Waals surface area contributed by atoms with Gasteiger partial charge in [0.25, 0.3) is 0 Å². The molecule has 7 nitrogen and oxygen atoms in total. The lowest BCUT2D eigenvalue weighted by molar-refractivity contribution is -0.136. The van der Waals surface area contributed by atoms with Crippen molar-refractivity contribution in [2.45, 2.75) is 38.3 Å². The van der Waals surface area contributed by atoms with Gasteiger partial charge in [-0.3, -0.25) is 0 Å². The zero-order valence-corrected chi connectivity index (χ0v) is 9.97. The quantitative estimate of drug-likeness (QED) is 0.283. The molecule has 0 bridgehead atoms. The second-order valence-electron chi connectivity index (χ2n) is 3.93. The van der Waals surface area contributed by atoms with Crippen LogP contribution in [0.2, 0.25) is 0 Å². The monoisotopic (exact) mass is 254 g/mol. The van der Waals surface area contributed by atoms with Gasteiger partial charge in [0.2, 0.25) is 0 Å². The third-order valence-corrected chi connectivity index (χ3v) is 1.79. The molecule has 0 spiro atoms. The molecule has 0 aromatic heterocycles. The smallest absolute Gasteiger partial charge is 0.151 e. The molecule has 0 aromatic rings. The van der Waals surface area contributed by atoms with Crippen LogP contribution in [0.4, 0.5) is 0 Å². The predicted molar refractivity (Wildman–Crippen MR) is 59.1 cm³/mol. The normalized spacial score (nSPS) is 17.7. The van der Waals surface area contributed by atoms with Crippen LogP contribution in [0.25, 0.3) is 0 Å². The van der Waals surface area contributed by atoms with Crippen LogP contribution < -0.4 is 0 Å². The Labute approximate surface area is 100.0 Å². The van der Waals surface area contributed by atoms with Crippen molar-refractivity contribution in [2.75, 3.05) is 13.2 Å². The highest BCUT2D eigenvalue weighted by atomic mass is 16.4. The van der Waals surface area contributed by atoms with Crippen molar-refractivity contribution in [3.8, 4) is 0 Å². The van der Waals surface area contributed by atoms with Crippen LogP contribution in [0.3, 0.4) is 0 Å². The molecule has 0 aromatic carbocycles. The molecule has 0 aliphatic heterocycles. The number of aldehydes is 1. The van der Waals surface area contributed by atoms with Gasteiger partial charge in [0.1, 0.15) is 24.4 Å². The molecule has 104 valence electrons. The lowest BCUT2D eigenvalue weighted by atomic mass is 10.0. The average Bonchev–Trinajstić information content (AvgIpc) is 2.35. The van der Waals surface area contributed by atoms with Crippen LogP contribution in [0.1, 0.15) is 13.8 Å². The van der Waals surface area contributed by atoms with Gasteiger partial charge in [0.15, 0.2) is 6.29 Å². The Balaban J connectivity index is 0. The summed E-state index contributed by atoms with van der Waals surface area (Å²) in [4.78, 5) is 9.90. The number of carbonyl (C=O) groups excluding carboxylic acids is 1. The number of hydrogen-bond acceptors (Lipinski definition) is 7. The van der Waals surface area contributed by atoms with E-state index in [1.54, 1.807) is 0 Å². The molecule has 0 rings (SSSR count). The van der Waals surface area contributed by atoms with Crippen molar-refractivity contribution >= 4 is 6.29 Å². The first kappa shape index (κ1) is 18.8. The molecule has 6 N–H and O–H groups in total. The lowest BCUT2D eigenvalue weighted by Crippen LogP contribution is -2.46. The molecule has 0 fully saturated rings. The summed E-state index contributed by atoms with van der Waals surface area (Å²) in [6.07, 6.45) is -6.84. The van der Waals surface area contributed by atoms with Crippen LogP contribution in [0.5, 0.6) is 0 Å². The van der Waals surface area contributed by atoms with E-state index in [0.29, 0.717) is 12.5 Å². The molecule has 0 aliphatic rings. The van der Waals surface area contributed by atoms with E-state index in [-0.39, 0.29) is 6.29 Å². The van der Waals surface area contributed by atoms with Crippen LogP contribution in [-0.4, -0.2) is 74.6 Å². The van der Waals surface area contributed by atoms with E-state index in [9.17, 15) is 4.79 Å². The first-order valence-corrected chi connectivity index (χ1v) is 5.21. The van der Waals surface area contributed by atoms with Gasteiger partial charge in [0.05, 0.1) is 6.61 Å². The minimum atomic E-state index is -1.79. The van der Waals surface area contributed by atoms with E-state index in [0.717, 1.165) is 0 Å². The largest absolute Gasteiger partial charge is 0.396 e. The minimum Gasteiger partial charge on any atom is -0.396 e. The summed E-state index contributed by atoms with van der Waals surface area (Å²) in [7, 11) is 0. The minimum absolute atomic E-state index is 0.0258. The van der Waals surface area contributed by atoms with Crippen molar-refractivity contribution in [2.24, 2.45) is 5.92 Å². The second-order valence-corrected chi connectivity index (χ2v) is 3.93. The Hall–Kier alpha value is -0.570. The van der Waals surface area contributed by atoms with E-state index >= 15 is 0 Å². The van der Waals surface area contributed by atoms with Crippen molar-refractivity contribution in [1.82, 2.24) is 0 Å². The molecule has 0 heterocycles.